The Kier molecular flexibility index (Phi) is 1.86. The Balaban J connectivity index is 2.92. The number of nitrogens with one attached hydrogen (secondary N) is 1. The lowest BCUT2D eigenvalue weighted by atomic mass is 10.7. The first kappa shape index (κ1) is 7.01. The highest BCUT2D eigenvalue weighted by atomic mass is 16.1. The fourth-order valence-corrected chi connectivity index (χ4v) is 0.745. The molecule has 0 spiro atoms. The van der Waals surface area contributed by atoms with Gasteiger partial charge in [0.2, 0.25) is 0 Å². The molecule has 0 aliphatic rings. The van der Waals surface area contributed by atoms with Crippen molar-refractivity contribution in [1.29, 1.82) is 0 Å². The zero-order valence-electron chi connectivity index (χ0n) is 5.79. The van der Waals surface area contributed by atoms with Gasteiger partial charge in [-0.1, -0.05) is 0 Å². The van der Waals surface area contributed by atoms with E-state index in [9.17, 15) is 4.79 Å². The highest BCUT2D eigenvalue weighted by molar-refractivity contribution is 4.75. The molecule has 0 bridgehead atoms. The van der Waals surface area contributed by atoms with Crippen LogP contribution in [0.4, 0.5) is 0 Å². The van der Waals surface area contributed by atoms with E-state index >= 15 is 0 Å². The lowest BCUT2D eigenvalue weighted by molar-refractivity contribution is 0.599. The van der Waals surface area contributed by atoms with Crippen molar-refractivity contribution in [2.45, 2.75) is 13.5 Å². The van der Waals surface area contributed by atoms with Crippen molar-refractivity contribution >= 4 is 0 Å². The average molecular weight is 142 g/mol. The van der Waals surface area contributed by atoms with Crippen LogP contribution in [0.5, 0.6) is 0 Å². The zero-order valence-corrected chi connectivity index (χ0v) is 5.79. The number of rotatable bonds is 2. The molecule has 1 rings (SSSR count). The second-order valence-corrected chi connectivity index (χ2v) is 2.03. The molecule has 1 heterocycles. The molecule has 10 heavy (non-hydrogen) atoms. The first-order valence-electron chi connectivity index (χ1n) is 3.08. The van der Waals surface area contributed by atoms with Gasteiger partial charge in [-0.3, -0.25) is 4.98 Å². The van der Waals surface area contributed by atoms with Gasteiger partial charge in [0.25, 0.3) is 0 Å². The Bertz CT molecular complexity index is 261. The molecule has 0 fully saturated rings. The van der Waals surface area contributed by atoms with Crippen molar-refractivity contribution in [3.8, 4) is 0 Å². The van der Waals surface area contributed by atoms with Gasteiger partial charge < -0.3 is 5.73 Å². The number of hydrogen-bond donors (Lipinski definition) is 2. The van der Waals surface area contributed by atoms with E-state index in [1.165, 1.54) is 4.68 Å². The lowest BCUT2D eigenvalue weighted by Gasteiger charge is -1.91. The maximum absolute atomic E-state index is 10.8. The fourth-order valence-electron chi connectivity index (χ4n) is 0.745. The molecule has 0 aliphatic heterocycles. The van der Waals surface area contributed by atoms with Crippen LogP contribution in [0.15, 0.2) is 4.79 Å². The Labute approximate surface area is 57.9 Å². The molecule has 5 nitrogen and oxygen atoms in total. The van der Waals surface area contributed by atoms with E-state index in [2.05, 4.69) is 10.1 Å². The third kappa shape index (κ3) is 1.24. The molecule has 5 heteroatoms. The summed E-state index contributed by atoms with van der Waals surface area (Å²) in [6, 6.07) is 0. The molecule has 0 atom stereocenters. The Morgan fingerprint density at radius 2 is 2.50 bits per heavy atom. The van der Waals surface area contributed by atoms with Crippen LogP contribution in [0, 0.1) is 6.92 Å². The van der Waals surface area contributed by atoms with Crippen LogP contribution in [0.25, 0.3) is 0 Å². The molecule has 3 N–H and O–H groups in total. The molecule has 1 aromatic rings. The van der Waals surface area contributed by atoms with Gasteiger partial charge in [-0.25, -0.2) is 9.48 Å². The average Bonchev–Trinajstić information content (AvgIpc) is 2.13. The summed E-state index contributed by atoms with van der Waals surface area (Å²) >= 11 is 0. The maximum Gasteiger partial charge on any atom is 0.343 e. The van der Waals surface area contributed by atoms with Crippen LogP contribution in [-0.2, 0) is 6.54 Å². The molecule has 0 saturated heterocycles. The summed E-state index contributed by atoms with van der Waals surface area (Å²) in [4.78, 5) is 13.4. The van der Waals surface area contributed by atoms with E-state index in [0.29, 0.717) is 18.9 Å². The van der Waals surface area contributed by atoms with E-state index in [1.807, 2.05) is 0 Å². The van der Waals surface area contributed by atoms with Crippen molar-refractivity contribution in [3.05, 3.63) is 16.3 Å². The van der Waals surface area contributed by atoms with Crippen molar-refractivity contribution in [1.82, 2.24) is 14.8 Å². The van der Waals surface area contributed by atoms with Crippen LogP contribution in [-0.4, -0.2) is 21.3 Å². The summed E-state index contributed by atoms with van der Waals surface area (Å²) in [7, 11) is 0. The Hall–Kier alpha value is -1.10. The molecule has 0 unspecified atom stereocenters. The molecule has 56 valence electrons. The monoisotopic (exact) mass is 142 g/mol. The second kappa shape index (κ2) is 2.66. The Morgan fingerprint density at radius 1 is 1.80 bits per heavy atom. The van der Waals surface area contributed by atoms with Gasteiger partial charge in [-0.2, -0.15) is 5.10 Å². The van der Waals surface area contributed by atoms with Crippen molar-refractivity contribution in [3.63, 3.8) is 0 Å². The van der Waals surface area contributed by atoms with Crippen LogP contribution in [0.1, 0.15) is 5.82 Å². The number of nitrogens with two attached hydrogens (primary N) is 1. The van der Waals surface area contributed by atoms with Gasteiger partial charge in [0.1, 0.15) is 5.82 Å². The molecule has 0 aromatic carbocycles. The number of nitrogens with zero attached hydrogens (tertiary/aromatic N) is 2. The molecular weight excluding hydrogens is 132 g/mol. The largest absolute Gasteiger partial charge is 0.343 e. The van der Waals surface area contributed by atoms with Crippen LogP contribution in [0.2, 0.25) is 0 Å². The predicted octanol–water partition coefficient (Wildman–Crippen LogP) is -1.16. The van der Waals surface area contributed by atoms with Crippen LogP contribution in [0.3, 0.4) is 0 Å². The van der Waals surface area contributed by atoms with Crippen LogP contribution >= 0.6 is 0 Å². The molecule has 0 radical (unpaired) electrons. The third-order valence-corrected chi connectivity index (χ3v) is 1.13. The quantitative estimate of drug-likeness (QED) is 0.546. The second-order valence-electron chi connectivity index (χ2n) is 2.03. The van der Waals surface area contributed by atoms with Gasteiger partial charge in [0.05, 0.1) is 6.54 Å². The minimum absolute atomic E-state index is 0.192. The van der Waals surface area contributed by atoms with E-state index in [4.69, 9.17) is 5.73 Å². The number of aromatic nitrogens is 3. The van der Waals surface area contributed by atoms with Gasteiger partial charge >= 0.3 is 5.69 Å². The zero-order chi connectivity index (χ0) is 7.56. The van der Waals surface area contributed by atoms with E-state index < -0.39 is 0 Å². The predicted molar refractivity (Wildman–Crippen MR) is 36.6 cm³/mol. The topological polar surface area (TPSA) is 76.7 Å². The lowest BCUT2D eigenvalue weighted by Crippen LogP contribution is -2.22. The molecule has 0 saturated carbocycles. The Morgan fingerprint density at radius 3 is 2.90 bits per heavy atom. The fraction of sp³-hybridized carbons (Fsp3) is 0.600. The maximum atomic E-state index is 10.8. The molecule has 0 amide bonds. The first-order valence-corrected chi connectivity index (χ1v) is 3.08. The summed E-state index contributed by atoms with van der Waals surface area (Å²) < 4.78 is 1.31. The standard InChI is InChI=1S/C5H10N4O/c1-4-7-5(10)9(8-4)3-2-6/h2-3,6H2,1H3,(H,7,8,10). The van der Waals surface area contributed by atoms with Gasteiger partial charge in [-0.15, -0.1) is 0 Å². The SMILES string of the molecule is Cc1nn(CCN)c(=O)[nH]1. The highest BCUT2D eigenvalue weighted by Gasteiger charge is 1.97. The number of aryl methyl sites for hydroxylation is 1. The molecule has 1 aromatic heterocycles. The third-order valence-electron chi connectivity index (χ3n) is 1.13. The summed E-state index contributed by atoms with van der Waals surface area (Å²) in [5.41, 5.74) is 5.03. The number of H-pyrrole nitrogens is 1. The minimum Gasteiger partial charge on any atom is -0.329 e. The van der Waals surface area contributed by atoms with Crippen LogP contribution < -0.4 is 11.4 Å². The first-order chi connectivity index (χ1) is 4.74. The summed E-state index contributed by atoms with van der Waals surface area (Å²) in [5, 5.41) is 3.87. The van der Waals surface area contributed by atoms with E-state index in [0.717, 1.165) is 0 Å². The van der Waals surface area contributed by atoms with Crippen molar-refractivity contribution in [2.75, 3.05) is 6.54 Å². The highest BCUT2D eigenvalue weighted by Crippen LogP contribution is 1.77. The number of aromatic amines is 1. The van der Waals surface area contributed by atoms with Crippen molar-refractivity contribution in [2.24, 2.45) is 5.73 Å². The normalized spacial score (nSPS) is 10.2. The summed E-state index contributed by atoms with van der Waals surface area (Å²) in [6.07, 6.45) is 0. The van der Waals surface area contributed by atoms with E-state index in [-0.39, 0.29) is 5.69 Å². The summed E-state index contributed by atoms with van der Waals surface area (Å²) in [6.45, 7) is 2.64. The van der Waals surface area contributed by atoms with E-state index in [1.54, 1.807) is 6.92 Å². The van der Waals surface area contributed by atoms with Gasteiger partial charge in [0, 0.05) is 6.54 Å². The minimum atomic E-state index is -0.192. The smallest absolute Gasteiger partial charge is 0.329 e. The van der Waals surface area contributed by atoms with Gasteiger partial charge in [0.15, 0.2) is 0 Å². The molecule has 0 aliphatic carbocycles. The van der Waals surface area contributed by atoms with Gasteiger partial charge in [-0.05, 0) is 6.92 Å². The van der Waals surface area contributed by atoms with Crippen molar-refractivity contribution < 1.29 is 0 Å². The summed E-state index contributed by atoms with van der Waals surface area (Å²) in [5.74, 6) is 0.624. The molecular formula is C5H10N4O. The number of hydrogen-bond acceptors (Lipinski definition) is 3.